The van der Waals surface area contributed by atoms with Gasteiger partial charge in [-0.15, -0.1) is 0 Å². The van der Waals surface area contributed by atoms with Gasteiger partial charge in [0.05, 0.1) is 12.3 Å². The molecule has 0 fully saturated rings. The molecule has 0 amide bonds. The average Bonchev–Trinajstić information content (AvgIpc) is 2.49. The first-order valence-corrected chi connectivity index (χ1v) is 5.34. The predicted molar refractivity (Wildman–Crippen MR) is 62.2 cm³/mol. The quantitative estimate of drug-likeness (QED) is 0.818. The molecule has 88 valence electrons. The largest absolute Gasteiger partial charge is 0.395 e. The highest BCUT2D eigenvalue weighted by molar-refractivity contribution is 5.57. The van der Waals surface area contributed by atoms with Gasteiger partial charge in [0.25, 0.3) is 0 Å². The van der Waals surface area contributed by atoms with E-state index in [2.05, 4.69) is 11.2 Å². The zero-order valence-corrected chi connectivity index (χ0v) is 10.2. The van der Waals surface area contributed by atoms with Gasteiger partial charge in [0.2, 0.25) is 0 Å². The molecule has 1 aromatic heterocycles. The normalized spacial score (nSPS) is 10.6. The lowest BCUT2D eigenvalue weighted by Gasteiger charge is -2.28. The average molecular weight is 222 g/mol. The van der Waals surface area contributed by atoms with Crippen molar-refractivity contribution in [1.82, 2.24) is 9.78 Å². The molecule has 5 nitrogen and oxygen atoms in total. The van der Waals surface area contributed by atoms with Crippen LogP contribution in [-0.4, -0.2) is 34.1 Å². The lowest BCUT2D eigenvalue weighted by molar-refractivity contribution is 0.298. The maximum Gasteiger partial charge on any atom is 0.145 e. The smallest absolute Gasteiger partial charge is 0.145 e. The summed E-state index contributed by atoms with van der Waals surface area (Å²) >= 11 is 0. The van der Waals surface area contributed by atoms with Crippen molar-refractivity contribution in [2.45, 2.75) is 26.8 Å². The summed E-state index contributed by atoms with van der Waals surface area (Å²) < 4.78 is 1.70. The number of hydrogen-bond donors (Lipinski definition) is 1. The number of aliphatic hydroxyl groups excluding tert-OH is 1. The fourth-order valence-electron chi connectivity index (χ4n) is 1.82. The van der Waals surface area contributed by atoms with E-state index in [0.717, 1.165) is 11.5 Å². The van der Waals surface area contributed by atoms with Crippen LogP contribution in [0.5, 0.6) is 0 Å². The second-order valence-electron chi connectivity index (χ2n) is 4.03. The molecule has 1 rings (SSSR count). The molecule has 1 aromatic rings. The molecule has 0 bridgehead atoms. The molecular formula is C11H18N4O. The first kappa shape index (κ1) is 12.5. The van der Waals surface area contributed by atoms with E-state index in [0.29, 0.717) is 12.1 Å². The molecule has 0 saturated heterocycles. The summed E-state index contributed by atoms with van der Waals surface area (Å²) in [6.07, 6.45) is 0. The summed E-state index contributed by atoms with van der Waals surface area (Å²) in [5.74, 6) is 0.782. The van der Waals surface area contributed by atoms with Crippen LogP contribution in [0.1, 0.15) is 25.1 Å². The van der Waals surface area contributed by atoms with Crippen molar-refractivity contribution in [3.8, 4) is 6.07 Å². The van der Waals surface area contributed by atoms with Crippen molar-refractivity contribution in [1.29, 1.82) is 5.26 Å². The van der Waals surface area contributed by atoms with Gasteiger partial charge >= 0.3 is 0 Å². The monoisotopic (exact) mass is 222 g/mol. The molecule has 16 heavy (non-hydrogen) atoms. The van der Waals surface area contributed by atoms with E-state index in [1.807, 2.05) is 32.7 Å². The van der Waals surface area contributed by atoms with Gasteiger partial charge in [-0.2, -0.15) is 10.4 Å². The molecule has 0 radical (unpaired) electrons. The van der Waals surface area contributed by atoms with Crippen molar-refractivity contribution >= 4 is 5.82 Å². The Hall–Kier alpha value is -1.54. The third-order valence-electron chi connectivity index (χ3n) is 2.54. The summed E-state index contributed by atoms with van der Waals surface area (Å²) in [5.41, 5.74) is 1.31. The van der Waals surface area contributed by atoms with Gasteiger partial charge in [-0.25, -0.2) is 0 Å². The lowest BCUT2D eigenvalue weighted by atomic mass is 10.2. The van der Waals surface area contributed by atoms with Crippen molar-refractivity contribution in [3.63, 3.8) is 0 Å². The van der Waals surface area contributed by atoms with Crippen LogP contribution in [0.4, 0.5) is 5.82 Å². The van der Waals surface area contributed by atoms with Crippen LogP contribution in [0.2, 0.25) is 0 Å². The number of aryl methyl sites for hydroxylation is 2. The number of anilines is 1. The lowest BCUT2D eigenvalue weighted by Crippen LogP contribution is -2.35. The molecule has 0 atom stereocenters. The topological polar surface area (TPSA) is 65.1 Å². The Morgan fingerprint density at radius 2 is 2.19 bits per heavy atom. The minimum absolute atomic E-state index is 0.0628. The van der Waals surface area contributed by atoms with E-state index in [1.54, 1.807) is 4.68 Å². The number of hydrogen-bond acceptors (Lipinski definition) is 4. The molecule has 0 aliphatic carbocycles. The molecule has 0 saturated carbocycles. The van der Waals surface area contributed by atoms with Crippen LogP contribution in [0.3, 0.4) is 0 Å². The van der Waals surface area contributed by atoms with Crippen LogP contribution in [0, 0.1) is 18.3 Å². The van der Waals surface area contributed by atoms with Crippen LogP contribution < -0.4 is 4.90 Å². The van der Waals surface area contributed by atoms with E-state index in [4.69, 9.17) is 10.4 Å². The van der Waals surface area contributed by atoms with Gasteiger partial charge in [0.15, 0.2) is 0 Å². The van der Waals surface area contributed by atoms with Gasteiger partial charge in [-0.3, -0.25) is 4.68 Å². The second-order valence-corrected chi connectivity index (χ2v) is 4.03. The van der Waals surface area contributed by atoms with Crippen molar-refractivity contribution in [2.24, 2.45) is 7.05 Å². The standard InChI is InChI=1S/C11H18N4O/c1-8(2)15(5-6-16)11-10(7-12)9(3)13-14(11)4/h8,16H,5-6H2,1-4H3. The SMILES string of the molecule is Cc1nn(C)c(N(CCO)C(C)C)c1C#N. The molecule has 1 heterocycles. The van der Waals surface area contributed by atoms with Crippen LogP contribution in [0.15, 0.2) is 0 Å². The van der Waals surface area contributed by atoms with Crippen LogP contribution in [-0.2, 0) is 7.05 Å². The Kier molecular flexibility index (Phi) is 3.91. The Balaban J connectivity index is 3.23. The molecular weight excluding hydrogens is 204 g/mol. The Labute approximate surface area is 95.9 Å². The fourth-order valence-corrected chi connectivity index (χ4v) is 1.82. The summed E-state index contributed by atoms with van der Waals surface area (Å²) in [5, 5.41) is 22.4. The predicted octanol–water partition coefficient (Wildman–Crippen LogP) is 0.807. The highest BCUT2D eigenvalue weighted by Gasteiger charge is 2.20. The third-order valence-corrected chi connectivity index (χ3v) is 2.54. The Morgan fingerprint density at radius 3 is 2.62 bits per heavy atom. The zero-order chi connectivity index (χ0) is 12.3. The van der Waals surface area contributed by atoms with Crippen molar-refractivity contribution in [3.05, 3.63) is 11.3 Å². The summed E-state index contributed by atoms with van der Waals surface area (Å²) in [7, 11) is 1.82. The van der Waals surface area contributed by atoms with Crippen LogP contribution >= 0.6 is 0 Å². The summed E-state index contributed by atoms with van der Waals surface area (Å²) in [6.45, 7) is 6.44. The molecule has 0 aliphatic heterocycles. The van der Waals surface area contributed by atoms with Gasteiger partial charge < -0.3 is 10.0 Å². The van der Waals surface area contributed by atoms with E-state index in [-0.39, 0.29) is 12.6 Å². The van der Waals surface area contributed by atoms with Crippen molar-refractivity contribution < 1.29 is 5.11 Å². The maximum absolute atomic E-state index is 9.12. The molecule has 1 N–H and O–H groups in total. The Bertz CT molecular complexity index is 403. The fraction of sp³-hybridized carbons (Fsp3) is 0.636. The van der Waals surface area contributed by atoms with E-state index < -0.39 is 0 Å². The number of rotatable bonds is 4. The molecule has 0 spiro atoms. The van der Waals surface area contributed by atoms with Gasteiger partial charge in [-0.05, 0) is 20.8 Å². The third kappa shape index (κ3) is 2.17. The Morgan fingerprint density at radius 1 is 1.56 bits per heavy atom. The minimum atomic E-state index is 0.0628. The summed E-state index contributed by atoms with van der Waals surface area (Å²) in [4.78, 5) is 1.98. The highest BCUT2D eigenvalue weighted by Crippen LogP contribution is 2.23. The highest BCUT2D eigenvalue weighted by atomic mass is 16.3. The van der Waals surface area contributed by atoms with Gasteiger partial charge in [0.1, 0.15) is 17.5 Å². The number of nitriles is 1. The van der Waals surface area contributed by atoms with E-state index in [1.165, 1.54) is 0 Å². The zero-order valence-electron chi connectivity index (χ0n) is 10.2. The number of aliphatic hydroxyl groups is 1. The first-order chi connectivity index (χ1) is 7.52. The van der Waals surface area contributed by atoms with E-state index >= 15 is 0 Å². The van der Waals surface area contributed by atoms with Gasteiger partial charge in [0, 0.05) is 19.6 Å². The molecule has 5 heteroatoms. The maximum atomic E-state index is 9.12. The van der Waals surface area contributed by atoms with Gasteiger partial charge in [-0.1, -0.05) is 0 Å². The minimum Gasteiger partial charge on any atom is -0.395 e. The van der Waals surface area contributed by atoms with Crippen molar-refractivity contribution in [2.75, 3.05) is 18.1 Å². The number of aromatic nitrogens is 2. The first-order valence-electron chi connectivity index (χ1n) is 5.34. The summed E-state index contributed by atoms with van der Waals surface area (Å²) in [6, 6.07) is 2.39. The molecule has 0 unspecified atom stereocenters. The number of nitrogens with zero attached hydrogens (tertiary/aromatic N) is 4. The molecule has 0 aromatic carbocycles. The van der Waals surface area contributed by atoms with E-state index in [9.17, 15) is 0 Å². The molecule has 0 aliphatic rings. The second kappa shape index (κ2) is 4.99. The van der Waals surface area contributed by atoms with Crippen LogP contribution in [0.25, 0.3) is 0 Å².